The Bertz CT molecular complexity index is 1160. The first-order chi connectivity index (χ1) is 26.3. The molecule has 0 amide bonds. The van der Waals surface area contributed by atoms with Gasteiger partial charge in [0.1, 0.15) is 6.61 Å². The monoisotopic (exact) mass is 776 g/mol. The lowest BCUT2D eigenvalue weighted by Gasteiger charge is -2.19. The van der Waals surface area contributed by atoms with Crippen LogP contribution in [-0.4, -0.2) is 49.3 Å². The number of hydrogen-bond acceptors (Lipinski definition) is 8. The maximum absolute atomic E-state index is 12.5. The number of carbonyl (C=O) groups is 2. The fourth-order valence-electron chi connectivity index (χ4n) is 5.01. The fourth-order valence-corrected chi connectivity index (χ4v) is 5.77. The third kappa shape index (κ3) is 38.9. The van der Waals surface area contributed by atoms with Crippen molar-refractivity contribution < 1.29 is 37.6 Å². The highest BCUT2D eigenvalue weighted by Crippen LogP contribution is 2.43. The predicted molar refractivity (Wildman–Crippen MR) is 224 cm³/mol. The van der Waals surface area contributed by atoms with E-state index < -0.39 is 32.5 Å². The Kier molecular flexibility index (Phi) is 37.8. The lowest BCUT2D eigenvalue weighted by molar-refractivity contribution is -0.161. The van der Waals surface area contributed by atoms with Crippen LogP contribution >= 0.6 is 7.82 Å². The Morgan fingerprint density at radius 3 is 1.59 bits per heavy atom. The second-order valence-corrected chi connectivity index (χ2v) is 14.6. The predicted octanol–water partition coefficient (Wildman–Crippen LogP) is 11.7. The van der Waals surface area contributed by atoms with E-state index >= 15 is 0 Å². The van der Waals surface area contributed by atoms with E-state index in [9.17, 15) is 19.0 Å². The summed E-state index contributed by atoms with van der Waals surface area (Å²) in [4.78, 5) is 34.8. The molecule has 0 aliphatic rings. The zero-order chi connectivity index (χ0) is 39.6. The molecule has 9 nitrogen and oxygen atoms in total. The van der Waals surface area contributed by atoms with Gasteiger partial charge >= 0.3 is 19.8 Å². The van der Waals surface area contributed by atoms with Gasteiger partial charge in [0.05, 0.1) is 13.2 Å². The van der Waals surface area contributed by atoms with Crippen LogP contribution in [0.1, 0.15) is 149 Å². The largest absolute Gasteiger partial charge is 0.472 e. The van der Waals surface area contributed by atoms with Crippen molar-refractivity contribution in [2.75, 3.05) is 26.4 Å². The van der Waals surface area contributed by atoms with Gasteiger partial charge in [-0.05, 0) is 77.0 Å². The van der Waals surface area contributed by atoms with Gasteiger partial charge in [-0.1, -0.05) is 144 Å². The summed E-state index contributed by atoms with van der Waals surface area (Å²) >= 11 is 0. The summed E-state index contributed by atoms with van der Waals surface area (Å²) in [5, 5.41) is 0. The molecule has 1 unspecified atom stereocenters. The number of phosphoric acid groups is 1. The molecular formula is C44H74NO8P. The second kappa shape index (κ2) is 39.9. The highest BCUT2D eigenvalue weighted by atomic mass is 31.2. The lowest BCUT2D eigenvalue weighted by atomic mass is 10.1. The van der Waals surface area contributed by atoms with Crippen LogP contribution in [0.2, 0.25) is 0 Å². The van der Waals surface area contributed by atoms with Gasteiger partial charge in [-0.25, -0.2) is 4.57 Å². The summed E-state index contributed by atoms with van der Waals surface area (Å²) < 4.78 is 32.6. The van der Waals surface area contributed by atoms with Crippen LogP contribution in [0.4, 0.5) is 0 Å². The van der Waals surface area contributed by atoms with Gasteiger partial charge in [-0.3, -0.25) is 18.6 Å². The molecule has 0 fully saturated rings. The minimum atomic E-state index is -4.40. The Labute approximate surface area is 328 Å². The van der Waals surface area contributed by atoms with E-state index in [1.165, 1.54) is 32.1 Å². The van der Waals surface area contributed by atoms with Gasteiger partial charge in [0.25, 0.3) is 0 Å². The summed E-state index contributed by atoms with van der Waals surface area (Å²) in [5.74, 6) is -0.945. The number of phosphoric ester groups is 1. The van der Waals surface area contributed by atoms with Gasteiger partial charge in [0.15, 0.2) is 6.10 Å². The van der Waals surface area contributed by atoms with Gasteiger partial charge in [-0.15, -0.1) is 0 Å². The SMILES string of the molecule is CC/C=C/C/C=C/C/C=C/C/C=C/C/C=C/C/C=C/CCC(=O)OC[C@@H](COP(=O)(O)OCCN)OC(=O)CCCCCCC/C=C/CCCCCCC. The molecule has 2 atom stereocenters. The molecule has 0 radical (unpaired) electrons. The van der Waals surface area contributed by atoms with Gasteiger partial charge < -0.3 is 20.1 Å². The summed E-state index contributed by atoms with van der Waals surface area (Å²) in [6, 6.07) is 0. The Balaban J connectivity index is 4.34. The van der Waals surface area contributed by atoms with E-state index in [1.54, 1.807) is 0 Å². The average molecular weight is 776 g/mol. The first-order valence-corrected chi connectivity index (χ1v) is 22.1. The molecule has 0 aromatic heterocycles. The molecule has 0 heterocycles. The maximum Gasteiger partial charge on any atom is 0.472 e. The molecular weight excluding hydrogens is 701 g/mol. The first-order valence-electron chi connectivity index (χ1n) is 20.6. The molecule has 54 heavy (non-hydrogen) atoms. The normalized spacial score (nSPS) is 14.2. The number of unbranched alkanes of at least 4 members (excludes halogenated alkanes) is 10. The molecule has 0 aliphatic heterocycles. The standard InChI is InChI=1S/C44H74NO8P/c1-3-5-7-9-11-13-15-17-19-20-21-22-23-25-26-28-30-32-34-36-43(46)50-40-42(41-52-54(48,49)51-39-38-45)53-44(47)37-35-33-31-29-27-24-18-16-14-12-10-8-6-4-2/h5,7,11,13,16-19,21-22,25-26,30,32,42H,3-4,6,8-10,12,14-15,20,23-24,27-29,31,33-41,45H2,1-2H3,(H,48,49)/b7-5+,13-11+,18-16+,19-17+,22-21+,26-25+,32-30+/t42-/m0/s1. The smallest absolute Gasteiger partial charge is 0.462 e. The van der Waals surface area contributed by atoms with Crippen LogP contribution in [0.15, 0.2) is 85.1 Å². The minimum Gasteiger partial charge on any atom is -0.462 e. The van der Waals surface area contributed by atoms with Crippen molar-refractivity contribution in [2.24, 2.45) is 5.73 Å². The summed E-state index contributed by atoms with van der Waals surface area (Å²) in [5.41, 5.74) is 5.33. The van der Waals surface area contributed by atoms with E-state index in [4.69, 9.17) is 24.3 Å². The average Bonchev–Trinajstić information content (AvgIpc) is 3.16. The molecule has 10 heteroatoms. The molecule has 0 saturated carbocycles. The van der Waals surface area contributed by atoms with Gasteiger partial charge in [0.2, 0.25) is 0 Å². The minimum absolute atomic E-state index is 0.0383. The quantitative estimate of drug-likeness (QED) is 0.0274. The molecule has 3 N–H and O–H groups in total. The number of esters is 2. The van der Waals surface area contributed by atoms with Crippen molar-refractivity contribution in [1.29, 1.82) is 0 Å². The Hall–Kier alpha value is -2.81. The van der Waals surface area contributed by atoms with Gasteiger partial charge in [0, 0.05) is 19.4 Å². The summed E-state index contributed by atoms with van der Waals surface area (Å²) in [6.07, 6.45) is 49.1. The lowest BCUT2D eigenvalue weighted by Crippen LogP contribution is -2.29. The number of allylic oxidation sites excluding steroid dienone is 14. The topological polar surface area (TPSA) is 134 Å². The molecule has 0 bridgehead atoms. The van der Waals surface area contributed by atoms with Crippen LogP contribution in [0.5, 0.6) is 0 Å². The van der Waals surface area contributed by atoms with Crippen molar-refractivity contribution >= 4 is 19.8 Å². The van der Waals surface area contributed by atoms with E-state index in [2.05, 4.69) is 86.8 Å². The van der Waals surface area contributed by atoms with Crippen molar-refractivity contribution in [3.8, 4) is 0 Å². The number of ether oxygens (including phenoxy) is 2. The van der Waals surface area contributed by atoms with Crippen LogP contribution in [0, 0.1) is 0 Å². The maximum atomic E-state index is 12.5. The van der Waals surface area contributed by atoms with E-state index in [0.717, 1.165) is 77.0 Å². The Morgan fingerprint density at radius 2 is 1.06 bits per heavy atom. The van der Waals surface area contributed by atoms with E-state index in [0.29, 0.717) is 12.8 Å². The van der Waals surface area contributed by atoms with Crippen molar-refractivity contribution in [3.63, 3.8) is 0 Å². The summed E-state index contributed by atoms with van der Waals surface area (Å²) in [6.45, 7) is 3.49. The molecule has 0 rings (SSSR count). The number of carbonyl (C=O) groups excluding carboxylic acids is 2. The third-order valence-electron chi connectivity index (χ3n) is 8.03. The van der Waals surface area contributed by atoms with Gasteiger partial charge in [-0.2, -0.15) is 0 Å². The Morgan fingerprint density at radius 1 is 0.574 bits per heavy atom. The van der Waals surface area contributed by atoms with E-state index in [1.807, 2.05) is 12.2 Å². The number of hydrogen-bond donors (Lipinski definition) is 2. The number of rotatable bonds is 37. The molecule has 0 saturated heterocycles. The van der Waals surface area contributed by atoms with Crippen LogP contribution in [-0.2, 0) is 32.7 Å². The second-order valence-electron chi connectivity index (χ2n) is 13.1. The zero-order valence-corrected chi connectivity index (χ0v) is 34.6. The van der Waals surface area contributed by atoms with Crippen molar-refractivity contribution in [2.45, 2.75) is 155 Å². The van der Waals surface area contributed by atoms with Crippen molar-refractivity contribution in [1.82, 2.24) is 0 Å². The van der Waals surface area contributed by atoms with Crippen LogP contribution in [0.25, 0.3) is 0 Å². The van der Waals surface area contributed by atoms with Crippen LogP contribution < -0.4 is 5.73 Å². The summed E-state index contributed by atoms with van der Waals surface area (Å²) in [7, 11) is -4.40. The van der Waals surface area contributed by atoms with Crippen LogP contribution in [0.3, 0.4) is 0 Å². The molecule has 0 aromatic rings. The van der Waals surface area contributed by atoms with Crippen molar-refractivity contribution in [3.05, 3.63) is 85.1 Å². The molecule has 0 spiro atoms. The number of nitrogens with two attached hydrogens (primary N) is 1. The molecule has 0 aliphatic carbocycles. The molecule has 308 valence electrons. The zero-order valence-electron chi connectivity index (χ0n) is 33.7. The first kappa shape index (κ1) is 51.2. The fraction of sp³-hybridized carbons (Fsp3) is 0.636. The molecule has 0 aromatic carbocycles. The van der Waals surface area contributed by atoms with E-state index in [-0.39, 0.29) is 32.6 Å². The third-order valence-corrected chi connectivity index (χ3v) is 9.01. The highest BCUT2D eigenvalue weighted by Gasteiger charge is 2.25. The highest BCUT2D eigenvalue weighted by molar-refractivity contribution is 7.47.